The van der Waals surface area contributed by atoms with Crippen LogP contribution in [0.4, 0.5) is 11.4 Å². The highest BCUT2D eigenvalue weighted by molar-refractivity contribution is 9.10. The molecule has 1 nitrogen and oxygen atoms in total. The summed E-state index contributed by atoms with van der Waals surface area (Å²) in [7, 11) is 0. The van der Waals surface area contributed by atoms with Crippen molar-refractivity contribution >= 4 is 27.3 Å². The Bertz CT molecular complexity index is 445. The molecule has 0 aliphatic carbocycles. The zero-order valence-corrected chi connectivity index (χ0v) is 10.8. The fraction of sp³-hybridized carbons (Fsp3) is 0.143. The van der Waals surface area contributed by atoms with Crippen LogP contribution in [0.5, 0.6) is 0 Å². The molecule has 82 valence electrons. The first-order chi connectivity index (χ1) is 7.78. The van der Waals surface area contributed by atoms with Crippen LogP contribution < -0.4 is 5.32 Å². The summed E-state index contributed by atoms with van der Waals surface area (Å²) in [5.41, 5.74) is 3.59. The molecule has 0 unspecified atom stereocenters. The number of hydrogen-bond donors (Lipinski definition) is 1. The number of nitrogens with one attached hydrogen (secondary N) is 1. The molecule has 0 heterocycles. The average Bonchev–Trinajstić information content (AvgIpc) is 2.33. The highest BCUT2D eigenvalue weighted by Crippen LogP contribution is 2.19. The van der Waals surface area contributed by atoms with E-state index in [9.17, 15) is 0 Å². The fourth-order valence-corrected chi connectivity index (χ4v) is 1.79. The second kappa shape index (κ2) is 5.17. The van der Waals surface area contributed by atoms with Crippen molar-refractivity contribution in [3.05, 3.63) is 58.6 Å². The molecule has 0 amide bonds. The lowest BCUT2D eigenvalue weighted by Crippen LogP contribution is -1.90. The molecule has 1 N–H and O–H groups in total. The van der Waals surface area contributed by atoms with Gasteiger partial charge in [-0.25, -0.2) is 0 Å². The van der Waals surface area contributed by atoms with Gasteiger partial charge in [0.2, 0.25) is 0 Å². The van der Waals surface area contributed by atoms with Gasteiger partial charge >= 0.3 is 0 Å². The van der Waals surface area contributed by atoms with Gasteiger partial charge in [0, 0.05) is 15.8 Å². The number of hydrogen-bond acceptors (Lipinski definition) is 1. The normalized spacial score (nSPS) is 10.1. The second-order valence-electron chi connectivity index (χ2n) is 3.68. The zero-order valence-electron chi connectivity index (χ0n) is 9.20. The molecule has 0 saturated heterocycles. The number of halogens is 1. The number of benzene rings is 2. The molecule has 2 heteroatoms. The van der Waals surface area contributed by atoms with Crippen LogP contribution in [0, 0.1) is 0 Å². The first kappa shape index (κ1) is 11.2. The summed E-state index contributed by atoms with van der Waals surface area (Å²) in [5, 5.41) is 3.36. The highest BCUT2D eigenvalue weighted by Gasteiger charge is 1.95. The Morgan fingerprint density at radius 1 is 0.875 bits per heavy atom. The van der Waals surface area contributed by atoms with Crippen LogP contribution in [0.1, 0.15) is 12.5 Å². The third-order valence-corrected chi connectivity index (χ3v) is 3.02. The molecule has 0 radical (unpaired) electrons. The SMILES string of the molecule is CCc1ccc(Nc2ccc(Br)cc2)cc1. The van der Waals surface area contributed by atoms with Crippen molar-refractivity contribution in [2.75, 3.05) is 5.32 Å². The summed E-state index contributed by atoms with van der Waals surface area (Å²) < 4.78 is 1.10. The van der Waals surface area contributed by atoms with Gasteiger partial charge in [-0.05, 0) is 48.4 Å². The smallest absolute Gasteiger partial charge is 0.0384 e. The third kappa shape index (κ3) is 2.86. The first-order valence-electron chi connectivity index (χ1n) is 5.39. The van der Waals surface area contributed by atoms with Crippen LogP contribution in [0.25, 0.3) is 0 Å². The zero-order chi connectivity index (χ0) is 11.4. The maximum absolute atomic E-state index is 3.42. The Morgan fingerprint density at radius 3 is 1.88 bits per heavy atom. The monoisotopic (exact) mass is 275 g/mol. The number of rotatable bonds is 3. The van der Waals surface area contributed by atoms with Crippen molar-refractivity contribution in [3.63, 3.8) is 0 Å². The minimum atomic E-state index is 1.08. The lowest BCUT2D eigenvalue weighted by molar-refractivity contribution is 1.14. The van der Waals surface area contributed by atoms with E-state index in [1.807, 2.05) is 12.1 Å². The second-order valence-corrected chi connectivity index (χ2v) is 4.60. The minimum absolute atomic E-state index is 1.08. The van der Waals surface area contributed by atoms with Crippen LogP contribution >= 0.6 is 15.9 Å². The van der Waals surface area contributed by atoms with Gasteiger partial charge in [0.25, 0.3) is 0 Å². The van der Waals surface area contributed by atoms with Gasteiger partial charge < -0.3 is 5.32 Å². The van der Waals surface area contributed by atoms with E-state index in [1.54, 1.807) is 0 Å². The van der Waals surface area contributed by atoms with E-state index >= 15 is 0 Å². The molecule has 0 bridgehead atoms. The Morgan fingerprint density at radius 2 is 1.38 bits per heavy atom. The van der Waals surface area contributed by atoms with Crippen LogP contribution in [-0.4, -0.2) is 0 Å². The lowest BCUT2D eigenvalue weighted by atomic mass is 10.1. The molecule has 2 aromatic rings. The van der Waals surface area contributed by atoms with Crippen molar-refractivity contribution in [2.45, 2.75) is 13.3 Å². The molecule has 0 aliphatic heterocycles. The molecule has 0 aromatic heterocycles. The molecule has 2 rings (SSSR count). The summed E-state index contributed by atoms with van der Waals surface area (Å²) in [6, 6.07) is 16.7. The van der Waals surface area contributed by atoms with Crippen molar-refractivity contribution in [1.82, 2.24) is 0 Å². The Kier molecular flexibility index (Phi) is 3.62. The van der Waals surface area contributed by atoms with Crippen molar-refractivity contribution in [1.29, 1.82) is 0 Å². The number of aryl methyl sites for hydroxylation is 1. The first-order valence-corrected chi connectivity index (χ1v) is 6.19. The molecule has 16 heavy (non-hydrogen) atoms. The summed E-state index contributed by atoms with van der Waals surface area (Å²) in [5.74, 6) is 0. The molecule has 2 aromatic carbocycles. The summed E-state index contributed by atoms with van der Waals surface area (Å²) in [6.07, 6.45) is 1.08. The average molecular weight is 276 g/mol. The standard InChI is InChI=1S/C14H14BrN/c1-2-11-3-7-13(8-4-11)16-14-9-5-12(15)6-10-14/h3-10,16H,2H2,1H3. The van der Waals surface area contributed by atoms with Crippen molar-refractivity contribution < 1.29 is 0 Å². The van der Waals surface area contributed by atoms with Gasteiger partial charge in [-0.3, -0.25) is 0 Å². The molecule has 0 atom stereocenters. The maximum Gasteiger partial charge on any atom is 0.0384 e. The van der Waals surface area contributed by atoms with Crippen LogP contribution in [0.15, 0.2) is 53.0 Å². The Balaban J connectivity index is 2.11. The van der Waals surface area contributed by atoms with Gasteiger partial charge in [-0.15, -0.1) is 0 Å². The molecule has 0 fully saturated rings. The third-order valence-electron chi connectivity index (χ3n) is 2.50. The topological polar surface area (TPSA) is 12.0 Å². The van der Waals surface area contributed by atoms with E-state index < -0.39 is 0 Å². The van der Waals surface area contributed by atoms with E-state index in [2.05, 4.69) is 64.6 Å². The van der Waals surface area contributed by atoms with Gasteiger partial charge in [-0.2, -0.15) is 0 Å². The molecule has 0 aliphatic rings. The van der Waals surface area contributed by atoms with Crippen LogP contribution in [0.2, 0.25) is 0 Å². The highest BCUT2D eigenvalue weighted by atomic mass is 79.9. The predicted molar refractivity (Wildman–Crippen MR) is 73.2 cm³/mol. The Hall–Kier alpha value is -1.28. The van der Waals surface area contributed by atoms with Crippen molar-refractivity contribution in [3.8, 4) is 0 Å². The molecule has 0 spiro atoms. The van der Waals surface area contributed by atoms with Gasteiger partial charge in [0.1, 0.15) is 0 Å². The largest absolute Gasteiger partial charge is 0.356 e. The summed E-state index contributed by atoms with van der Waals surface area (Å²) in [4.78, 5) is 0. The van der Waals surface area contributed by atoms with Crippen molar-refractivity contribution in [2.24, 2.45) is 0 Å². The van der Waals surface area contributed by atoms with E-state index in [0.717, 1.165) is 22.3 Å². The molecular weight excluding hydrogens is 262 g/mol. The van der Waals surface area contributed by atoms with E-state index in [-0.39, 0.29) is 0 Å². The van der Waals surface area contributed by atoms with Crippen LogP contribution in [-0.2, 0) is 6.42 Å². The fourth-order valence-electron chi connectivity index (χ4n) is 1.52. The summed E-state index contributed by atoms with van der Waals surface area (Å²) >= 11 is 3.42. The minimum Gasteiger partial charge on any atom is -0.356 e. The lowest BCUT2D eigenvalue weighted by Gasteiger charge is -2.07. The van der Waals surface area contributed by atoms with Gasteiger partial charge in [0.15, 0.2) is 0 Å². The maximum atomic E-state index is 3.42. The molecule has 0 saturated carbocycles. The molecular formula is C14H14BrN. The number of anilines is 2. The quantitative estimate of drug-likeness (QED) is 0.852. The summed E-state index contributed by atoms with van der Waals surface area (Å²) in [6.45, 7) is 2.16. The predicted octanol–water partition coefficient (Wildman–Crippen LogP) is 4.76. The van der Waals surface area contributed by atoms with Gasteiger partial charge in [-0.1, -0.05) is 35.0 Å². The van der Waals surface area contributed by atoms with E-state index in [0.29, 0.717) is 0 Å². The Labute approximate surface area is 105 Å². The van der Waals surface area contributed by atoms with Crippen LogP contribution in [0.3, 0.4) is 0 Å². The van der Waals surface area contributed by atoms with E-state index in [4.69, 9.17) is 0 Å². The van der Waals surface area contributed by atoms with Gasteiger partial charge in [0.05, 0.1) is 0 Å². The van der Waals surface area contributed by atoms with E-state index in [1.165, 1.54) is 5.56 Å².